The van der Waals surface area contributed by atoms with Crippen LogP contribution in [0.5, 0.6) is 0 Å². The van der Waals surface area contributed by atoms with Gasteiger partial charge >= 0.3 is 0 Å². The second-order valence-corrected chi connectivity index (χ2v) is 7.08. The Bertz CT molecular complexity index is 972. The molecule has 0 aliphatic carbocycles. The fourth-order valence-electron chi connectivity index (χ4n) is 3.97. The Kier molecular flexibility index (Phi) is 3.98. The summed E-state index contributed by atoms with van der Waals surface area (Å²) in [6, 6.07) is 13.0. The van der Waals surface area contributed by atoms with Crippen LogP contribution in [-0.4, -0.2) is 39.1 Å². The van der Waals surface area contributed by atoms with Gasteiger partial charge in [-0.05, 0) is 29.8 Å². The molecule has 0 radical (unpaired) electrons. The van der Waals surface area contributed by atoms with Crippen LogP contribution in [0.3, 0.4) is 0 Å². The summed E-state index contributed by atoms with van der Waals surface area (Å²) in [7, 11) is 0. The highest BCUT2D eigenvalue weighted by atomic mass is 19.1. The maximum Gasteiger partial charge on any atom is 0.123 e. The predicted octanol–water partition coefficient (Wildman–Crippen LogP) is 3.18. The topological polar surface area (TPSA) is 43.2 Å². The first-order chi connectivity index (χ1) is 13.2. The van der Waals surface area contributed by atoms with E-state index in [9.17, 15) is 8.78 Å². The van der Waals surface area contributed by atoms with E-state index in [-0.39, 0.29) is 23.8 Å². The minimum atomic E-state index is -0.296. The van der Waals surface area contributed by atoms with Crippen molar-refractivity contribution in [3.05, 3.63) is 71.4 Å². The zero-order chi connectivity index (χ0) is 18.4. The van der Waals surface area contributed by atoms with Crippen molar-refractivity contribution in [3.63, 3.8) is 0 Å². The molecule has 5 rings (SSSR count). The van der Waals surface area contributed by atoms with Crippen molar-refractivity contribution >= 4 is 0 Å². The summed E-state index contributed by atoms with van der Waals surface area (Å²) in [5.41, 5.74) is 3.32. The first-order valence-electron chi connectivity index (χ1n) is 8.96. The van der Waals surface area contributed by atoms with Gasteiger partial charge in [0.05, 0.1) is 24.4 Å². The highest BCUT2D eigenvalue weighted by Crippen LogP contribution is 2.34. The molecule has 27 heavy (non-hydrogen) atoms. The van der Waals surface area contributed by atoms with E-state index in [1.807, 2.05) is 10.7 Å². The van der Waals surface area contributed by atoms with Crippen molar-refractivity contribution in [2.24, 2.45) is 0 Å². The molecule has 0 amide bonds. The van der Waals surface area contributed by atoms with Crippen molar-refractivity contribution in [1.82, 2.24) is 19.9 Å². The Labute approximate surface area is 155 Å². The molecule has 1 fully saturated rings. The van der Waals surface area contributed by atoms with E-state index in [0.717, 1.165) is 30.9 Å². The maximum absolute atomic E-state index is 13.6. The largest absolute Gasteiger partial charge is 0.368 e. The van der Waals surface area contributed by atoms with Crippen molar-refractivity contribution in [2.45, 2.75) is 25.3 Å². The monoisotopic (exact) mass is 368 g/mol. The minimum Gasteiger partial charge on any atom is -0.368 e. The van der Waals surface area contributed by atoms with E-state index in [0.29, 0.717) is 17.9 Å². The Morgan fingerprint density at radius 3 is 2.70 bits per heavy atom. The van der Waals surface area contributed by atoms with Crippen LogP contribution in [0.1, 0.15) is 17.3 Å². The average molecular weight is 368 g/mol. The molecule has 3 aromatic rings. The Morgan fingerprint density at radius 2 is 1.89 bits per heavy atom. The SMILES string of the molecule is Fc1ccc(CN2C[C@@H]3[C@@H](C2)OCc2c(-c4cccc(F)c4)nnn23)cc1. The Hall–Kier alpha value is -2.64. The second kappa shape index (κ2) is 6.51. The van der Waals surface area contributed by atoms with Crippen molar-refractivity contribution < 1.29 is 13.5 Å². The van der Waals surface area contributed by atoms with E-state index < -0.39 is 0 Å². The van der Waals surface area contributed by atoms with Gasteiger partial charge in [0.25, 0.3) is 0 Å². The van der Waals surface area contributed by atoms with Crippen LogP contribution < -0.4 is 0 Å². The minimum absolute atomic E-state index is 0.0417. The van der Waals surface area contributed by atoms with Crippen LogP contribution in [0.2, 0.25) is 0 Å². The zero-order valence-corrected chi connectivity index (χ0v) is 14.6. The molecule has 5 nitrogen and oxygen atoms in total. The molecular weight excluding hydrogens is 350 g/mol. The lowest BCUT2D eigenvalue weighted by Crippen LogP contribution is -2.32. The second-order valence-electron chi connectivity index (χ2n) is 7.08. The Balaban J connectivity index is 1.38. The number of benzene rings is 2. The van der Waals surface area contributed by atoms with E-state index in [4.69, 9.17) is 4.74 Å². The number of hydrogen-bond donors (Lipinski definition) is 0. The number of halogens is 2. The molecule has 2 aliphatic heterocycles. The molecule has 0 N–H and O–H groups in total. The molecular formula is C20H18F2N4O. The van der Waals surface area contributed by atoms with Gasteiger partial charge in [-0.1, -0.05) is 29.5 Å². The molecule has 2 aliphatic rings. The highest BCUT2D eigenvalue weighted by Gasteiger charge is 2.40. The fourth-order valence-corrected chi connectivity index (χ4v) is 3.97. The molecule has 2 atom stereocenters. The van der Waals surface area contributed by atoms with Crippen LogP contribution in [0, 0.1) is 11.6 Å². The van der Waals surface area contributed by atoms with Crippen molar-refractivity contribution in [3.8, 4) is 11.3 Å². The molecule has 138 valence electrons. The summed E-state index contributed by atoms with van der Waals surface area (Å²) >= 11 is 0. The molecule has 0 bridgehead atoms. The molecule has 1 saturated heterocycles. The third-order valence-electron chi connectivity index (χ3n) is 5.27. The van der Waals surface area contributed by atoms with E-state index >= 15 is 0 Å². The van der Waals surface area contributed by atoms with Crippen LogP contribution >= 0.6 is 0 Å². The third kappa shape index (κ3) is 3.02. The van der Waals surface area contributed by atoms with E-state index in [1.165, 1.54) is 24.3 Å². The van der Waals surface area contributed by atoms with Crippen LogP contribution in [-0.2, 0) is 17.9 Å². The summed E-state index contributed by atoms with van der Waals surface area (Å²) < 4.78 is 34.7. The standard InChI is InChI=1S/C20H18F2N4O/c21-15-6-4-13(5-7-15)9-25-10-17-19(11-25)27-12-18-20(23-24-26(17)18)14-2-1-3-16(22)8-14/h1-8,17,19H,9-12H2/t17-,19-/m1/s1. The van der Waals surface area contributed by atoms with Gasteiger partial charge in [-0.15, -0.1) is 5.10 Å². The van der Waals surface area contributed by atoms with E-state index in [2.05, 4.69) is 15.2 Å². The molecule has 0 spiro atoms. The molecule has 1 aromatic heterocycles. The number of ether oxygens (including phenoxy) is 1. The van der Waals surface area contributed by atoms with Gasteiger partial charge in [0.1, 0.15) is 17.3 Å². The summed E-state index contributed by atoms with van der Waals surface area (Å²) in [6.45, 7) is 2.71. The smallest absolute Gasteiger partial charge is 0.123 e. The van der Waals surface area contributed by atoms with Crippen molar-refractivity contribution in [2.75, 3.05) is 13.1 Å². The van der Waals surface area contributed by atoms with Gasteiger partial charge in [0.2, 0.25) is 0 Å². The van der Waals surface area contributed by atoms with Gasteiger partial charge in [0, 0.05) is 25.2 Å². The van der Waals surface area contributed by atoms with Crippen LogP contribution in [0.25, 0.3) is 11.3 Å². The number of likely N-dealkylation sites (tertiary alicyclic amines) is 1. The van der Waals surface area contributed by atoms with Crippen LogP contribution in [0.15, 0.2) is 48.5 Å². The molecule has 0 saturated carbocycles. The molecule has 0 unspecified atom stereocenters. The number of fused-ring (bicyclic) bond motifs is 3. The lowest BCUT2D eigenvalue weighted by Gasteiger charge is -2.26. The summed E-state index contributed by atoms with van der Waals surface area (Å²) in [6.07, 6.45) is 0.0417. The normalized spacial score (nSPS) is 21.9. The first kappa shape index (κ1) is 16.5. The van der Waals surface area contributed by atoms with Gasteiger partial charge in [-0.2, -0.15) is 0 Å². The lowest BCUT2D eigenvalue weighted by molar-refractivity contribution is -0.00494. The number of hydrogen-bond acceptors (Lipinski definition) is 4. The van der Waals surface area contributed by atoms with Gasteiger partial charge in [0.15, 0.2) is 0 Å². The summed E-state index contributed by atoms with van der Waals surface area (Å²) in [5, 5.41) is 8.64. The summed E-state index contributed by atoms with van der Waals surface area (Å²) in [4.78, 5) is 2.28. The number of rotatable bonds is 3. The first-order valence-corrected chi connectivity index (χ1v) is 8.96. The predicted molar refractivity (Wildman–Crippen MR) is 94.7 cm³/mol. The average Bonchev–Trinajstić information content (AvgIpc) is 3.27. The van der Waals surface area contributed by atoms with Gasteiger partial charge in [-0.25, -0.2) is 13.5 Å². The van der Waals surface area contributed by atoms with E-state index in [1.54, 1.807) is 18.2 Å². The molecule has 7 heteroatoms. The Morgan fingerprint density at radius 1 is 1.04 bits per heavy atom. The number of nitrogens with zero attached hydrogens (tertiary/aromatic N) is 4. The van der Waals surface area contributed by atoms with Crippen molar-refractivity contribution in [1.29, 1.82) is 0 Å². The van der Waals surface area contributed by atoms with Crippen LogP contribution in [0.4, 0.5) is 8.78 Å². The quantitative estimate of drug-likeness (QED) is 0.712. The van der Waals surface area contributed by atoms with Gasteiger partial charge < -0.3 is 4.74 Å². The zero-order valence-electron chi connectivity index (χ0n) is 14.6. The number of aromatic nitrogens is 3. The molecule has 2 aromatic carbocycles. The molecule has 3 heterocycles. The lowest BCUT2D eigenvalue weighted by atomic mass is 10.1. The third-order valence-corrected chi connectivity index (χ3v) is 5.27. The summed E-state index contributed by atoms with van der Waals surface area (Å²) in [5.74, 6) is -0.524. The van der Waals surface area contributed by atoms with Gasteiger partial charge in [-0.3, -0.25) is 4.90 Å². The highest BCUT2D eigenvalue weighted by molar-refractivity contribution is 5.61. The fraction of sp³-hybridized carbons (Fsp3) is 0.300. The maximum atomic E-state index is 13.6.